The number of aryl methyl sites for hydroxylation is 1. The first-order valence-corrected chi connectivity index (χ1v) is 5.93. The van der Waals surface area contributed by atoms with Crippen molar-refractivity contribution in [3.05, 3.63) is 40.5 Å². The minimum absolute atomic E-state index is 0.452. The maximum absolute atomic E-state index is 9.84. The fraction of sp³-hybridized carbons (Fsp3) is 0.273. The predicted molar refractivity (Wildman–Crippen MR) is 64.5 cm³/mol. The number of hydrogen-bond acceptors (Lipinski definition) is 5. The molecule has 0 bridgehead atoms. The van der Waals surface area contributed by atoms with E-state index in [-0.39, 0.29) is 0 Å². The predicted octanol–water partition coefficient (Wildman–Crippen LogP) is 1.99. The van der Waals surface area contributed by atoms with Crippen molar-refractivity contribution in [2.24, 2.45) is 0 Å². The molecule has 2 N–H and O–H groups in total. The molecular formula is C11H13N3OS. The molecule has 2 rings (SSSR count). The van der Waals surface area contributed by atoms with Crippen molar-refractivity contribution in [2.75, 3.05) is 11.9 Å². The SMILES string of the molecule is Cc1nccc(NCC(O)c2ccsc2)n1. The van der Waals surface area contributed by atoms with Gasteiger partial charge in [-0.1, -0.05) is 0 Å². The molecule has 0 radical (unpaired) electrons. The molecule has 0 aliphatic carbocycles. The van der Waals surface area contributed by atoms with Crippen LogP contribution in [-0.2, 0) is 0 Å². The van der Waals surface area contributed by atoms with Gasteiger partial charge in [0, 0.05) is 12.7 Å². The summed E-state index contributed by atoms with van der Waals surface area (Å²) in [6.07, 6.45) is 1.20. The Labute approximate surface area is 98.0 Å². The van der Waals surface area contributed by atoms with E-state index in [9.17, 15) is 5.11 Å². The van der Waals surface area contributed by atoms with E-state index in [0.29, 0.717) is 6.54 Å². The van der Waals surface area contributed by atoms with Gasteiger partial charge in [0.15, 0.2) is 0 Å². The third-order valence-electron chi connectivity index (χ3n) is 2.18. The van der Waals surface area contributed by atoms with Crippen LogP contribution in [0.3, 0.4) is 0 Å². The summed E-state index contributed by atoms with van der Waals surface area (Å²) in [4.78, 5) is 8.20. The number of rotatable bonds is 4. The highest BCUT2D eigenvalue weighted by molar-refractivity contribution is 7.07. The summed E-state index contributed by atoms with van der Waals surface area (Å²) in [5.74, 6) is 1.46. The minimum Gasteiger partial charge on any atom is -0.387 e. The van der Waals surface area contributed by atoms with Gasteiger partial charge in [0.1, 0.15) is 11.6 Å². The lowest BCUT2D eigenvalue weighted by atomic mass is 10.2. The zero-order valence-electron chi connectivity index (χ0n) is 8.92. The average Bonchev–Trinajstić information content (AvgIpc) is 2.79. The van der Waals surface area contributed by atoms with Crippen molar-refractivity contribution in [3.63, 3.8) is 0 Å². The second kappa shape index (κ2) is 5.05. The van der Waals surface area contributed by atoms with Gasteiger partial charge >= 0.3 is 0 Å². The molecule has 2 aromatic rings. The summed E-state index contributed by atoms with van der Waals surface area (Å²) < 4.78 is 0. The van der Waals surface area contributed by atoms with E-state index >= 15 is 0 Å². The molecule has 2 heterocycles. The first kappa shape index (κ1) is 11.0. The van der Waals surface area contributed by atoms with Crippen LogP contribution in [0, 0.1) is 6.92 Å². The Morgan fingerprint density at radius 3 is 3.06 bits per heavy atom. The van der Waals surface area contributed by atoms with Gasteiger partial charge in [0.25, 0.3) is 0 Å². The molecule has 0 aromatic carbocycles. The average molecular weight is 235 g/mol. The van der Waals surface area contributed by atoms with Crippen LogP contribution in [0.2, 0.25) is 0 Å². The van der Waals surface area contributed by atoms with Crippen LogP contribution in [0.4, 0.5) is 5.82 Å². The number of nitrogens with one attached hydrogen (secondary N) is 1. The lowest BCUT2D eigenvalue weighted by Crippen LogP contribution is -2.12. The van der Waals surface area contributed by atoms with Crippen LogP contribution in [0.5, 0.6) is 0 Å². The Bertz CT molecular complexity index is 444. The fourth-order valence-electron chi connectivity index (χ4n) is 1.34. The van der Waals surface area contributed by atoms with Crippen LogP contribution in [0.1, 0.15) is 17.5 Å². The first-order chi connectivity index (χ1) is 7.75. The van der Waals surface area contributed by atoms with Gasteiger partial charge in [0.2, 0.25) is 0 Å². The molecule has 0 spiro atoms. The number of anilines is 1. The smallest absolute Gasteiger partial charge is 0.129 e. The summed E-state index contributed by atoms with van der Waals surface area (Å²) in [6.45, 7) is 2.29. The van der Waals surface area contributed by atoms with Crippen LogP contribution in [0.25, 0.3) is 0 Å². The Hall–Kier alpha value is -1.46. The third-order valence-corrected chi connectivity index (χ3v) is 2.88. The zero-order chi connectivity index (χ0) is 11.4. The van der Waals surface area contributed by atoms with Crippen molar-refractivity contribution in [2.45, 2.75) is 13.0 Å². The quantitative estimate of drug-likeness (QED) is 0.851. The van der Waals surface area contributed by atoms with Gasteiger partial charge in [-0.3, -0.25) is 0 Å². The molecule has 16 heavy (non-hydrogen) atoms. The minimum atomic E-state index is -0.499. The molecule has 2 aromatic heterocycles. The molecule has 1 atom stereocenters. The number of aliphatic hydroxyl groups is 1. The molecule has 0 saturated carbocycles. The molecule has 0 aliphatic rings. The van der Waals surface area contributed by atoms with E-state index in [1.54, 1.807) is 23.6 Å². The van der Waals surface area contributed by atoms with Crippen LogP contribution in [-0.4, -0.2) is 21.6 Å². The van der Waals surface area contributed by atoms with Crippen molar-refractivity contribution < 1.29 is 5.11 Å². The maximum Gasteiger partial charge on any atom is 0.129 e. The Balaban J connectivity index is 1.92. The van der Waals surface area contributed by atoms with E-state index < -0.39 is 6.10 Å². The fourth-order valence-corrected chi connectivity index (χ4v) is 2.05. The molecule has 0 fully saturated rings. The maximum atomic E-state index is 9.84. The number of thiophene rings is 1. The monoisotopic (exact) mass is 235 g/mol. The summed E-state index contributed by atoms with van der Waals surface area (Å²) in [5, 5.41) is 16.8. The van der Waals surface area contributed by atoms with Gasteiger partial charge in [-0.25, -0.2) is 9.97 Å². The van der Waals surface area contributed by atoms with Gasteiger partial charge in [-0.15, -0.1) is 0 Å². The zero-order valence-corrected chi connectivity index (χ0v) is 9.74. The molecule has 5 heteroatoms. The normalized spacial score (nSPS) is 12.4. The number of nitrogens with zero attached hydrogens (tertiary/aromatic N) is 2. The highest BCUT2D eigenvalue weighted by atomic mass is 32.1. The Kier molecular flexibility index (Phi) is 3.48. The number of hydrogen-bond donors (Lipinski definition) is 2. The first-order valence-electron chi connectivity index (χ1n) is 4.99. The second-order valence-electron chi connectivity index (χ2n) is 3.44. The molecule has 4 nitrogen and oxygen atoms in total. The van der Waals surface area contributed by atoms with E-state index in [1.807, 2.05) is 23.8 Å². The van der Waals surface area contributed by atoms with Gasteiger partial charge in [-0.2, -0.15) is 11.3 Å². The van der Waals surface area contributed by atoms with Gasteiger partial charge in [0.05, 0.1) is 6.10 Å². The Morgan fingerprint density at radius 1 is 1.50 bits per heavy atom. The van der Waals surface area contributed by atoms with Gasteiger partial charge < -0.3 is 10.4 Å². The second-order valence-corrected chi connectivity index (χ2v) is 4.22. The van der Waals surface area contributed by atoms with Crippen molar-refractivity contribution in [1.29, 1.82) is 0 Å². The highest BCUT2D eigenvalue weighted by Crippen LogP contribution is 2.16. The largest absolute Gasteiger partial charge is 0.387 e. The third kappa shape index (κ3) is 2.77. The summed E-state index contributed by atoms with van der Waals surface area (Å²) >= 11 is 1.58. The van der Waals surface area contributed by atoms with Crippen molar-refractivity contribution >= 4 is 17.2 Å². The molecule has 0 amide bonds. The van der Waals surface area contributed by atoms with Crippen molar-refractivity contribution in [1.82, 2.24) is 9.97 Å². The standard InChI is InChI=1S/C11H13N3OS/c1-8-12-4-2-11(14-8)13-6-10(15)9-3-5-16-7-9/h2-5,7,10,15H,6H2,1H3,(H,12,13,14). The lowest BCUT2D eigenvalue weighted by molar-refractivity contribution is 0.192. The molecule has 1 unspecified atom stereocenters. The van der Waals surface area contributed by atoms with E-state index in [2.05, 4.69) is 15.3 Å². The molecule has 84 valence electrons. The van der Waals surface area contributed by atoms with Crippen LogP contribution < -0.4 is 5.32 Å². The molecule has 0 saturated heterocycles. The highest BCUT2D eigenvalue weighted by Gasteiger charge is 2.07. The van der Waals surface area contributed by atoms with Crippen LogP contribution >= 0.6 is 11.3 Å². The molecule has 0 aliphatic heterocycles. The summed E-state index contributed by atoms with van der Waals surface area (Å²) in [7, 11) is 0. The number of aliphatic hydroxyl groups excluding tert-OH is 1. The topological polar surface area (TPSA) is 58.0 Å². The van der Waals surface area contributed by atoms with E-state index in [0.717, 1.165) is 17.2 Å². The van der Waals surface area contributed by atoms with E-state index in [4.69, 9.17) is 0 Å². The summed E-state index contributed by atoms with van der Waals surface area (Å²) in [6, 6.07) is 3.70. The lowest BCUT2D eigenvalue weighted by Gasteiger charge is -2.10. The van der Waals surface area contributed by atoms with Crippen LogP contribution in [0.15, 0.2) is 29.1 Å². The molecular weight excluding hydrogens is 222 g/mol. The Morgan fingerprint density at radius 2 is 2.38 bits per heavy atom. The van der Waals surface area contributed by atoms with Gasteiger partial charge in [-0.05, 0) is 35.4 Å². The number of aromatic nitrogens is 2. The summed E-state index contributed by atoms with van der Waals surface area (Å²) in [5.41, 5.74) is 0.934. The van der Waals surface area contributed by atoms with E-state index in [1.165, 1.54) is 0 Å². The van der Waals surface area contributed by atoms with Crippen molar-refractivity contribution in [3.8, 4) is 0 Å².